The van der Waals surface area contributed by atoms with Crippen LogP contribution in [0.15, 0.2) is 48.5 Å². The summed E-state index contributed by atoms with van der Waals surface area (Å²) in [5.41, 5.74) is 0.288. The molecule has 0 saturated heterocycles. The Morgan fingerprint density at radius 2 is 1.62 bits per heavy atom. The minimum atomic E-state index is -4.72. The number of carbonyl (C=O) groups is 2. The maximum absolute atomic E-state index is 12.6. The average molecular weight is 696 g/mol. The SMILES string of the molecule is CC1(C)CC(CS(=O)(=O)[O-])c2cc3c(cc2N1)Oc1cc2c(cc1=C3c1ccc(C(=O)O)cc1C(=O)O)C(CS(=O)(=O)[O-])=CC(C)(C)[NH+]=2. The number of fused-ring (bicyclic) bond motifs is 4. The van der Waals surface area contributed by atoms with E-state index >= 15 is 0 Å². The largest absolute Gasteiger partial charge is 0.748 e. The van der Waals surface area contributed by atoms with Crippen LogP contribution >= 0.6 is 0 Å². The predicted octanol–water partition coefficient (Wildman–Crippen LogP) is 1.08. The third-order valence-electron chi connectivity index (χ3n) is 8.54. The maximum atomic E-state index is 12.6. The second-order valence-corrected chi connectivity index (χ2v) is 16.4. The van der Waals surface area contributed by atoms with E-state index < -0.39 is 60.7 Å². The van der Waals surface area contributed by atoms with E-state index in [1.807, 2.05) is 13.8 Å². The molecule has 0 aromatic heterocycles. The molecule has 0 radical (unpaired) electrons. The van der Waals surface area contributed by atoms with Crippen molar-refractivity contribution in [3.05, 3.63) is 92.5 Å². The van der Waals surface area contributed by atoms with E-state index in [0.717, 1.165) is 6.07 Å². The van der Waals surface area contributed by atoms with Gasteiger partial charge in [0, 0.05) is 59.2 Å². The molecule has 3 aromatic carbocycles. The van der Waals surface area contributed by atoms with E-state index in [9.17, 15) is 45.7 Å². The summed E-state index contributed by atoms with van der Waals surface area (Å²) in [6.45, 7) is 7.32. The zero-order valence-corrected chi connectivity index (χ0v) is 27.8. The van der Waals surface area contributed by atoms with E-state index in [0.29, 0.717) is 33.0 Å². The van der Waals surface area contributed by atoms with Crippen molar-refractivity contribution in [1.82, 2.24) is 0 Å². The van der Waals surface area contributed by atoms with E-state index in [4.69, 9.17) is 4.74 Å². The van der Waals surface area contributed by atoms with Gasteiger partial charge in [-0.2, -0.15) is 0 Å². The maximum Gasteiger partial charge on any atom is 0.336 e. The molecule has 3 aliphatic rings. The van der Waals surface area contributed by atoms with Crippen molar-refractivity contribution < 1.29 is 55.5 Å². The molecule has 3 heterocycles. The molecule has 252 valence electrons. The molecule has 0 fully saturated rings. The zero-order valence-electron chi connectivity index (χ0n) is 26.2. The second kappa shape index (κ2) is 11.0. The van der Waals surface area contributed by atoms with Crippen molar-refractivity contribution >= 4 is 49.0 Å². The fraction of sp³-hybridized carbons (Fsp3) is 0.303. The summed E-state index contributed by atoms with van der Waals surface area (Å²) in [5.74, 6) is -4.49. The van der Waals surface area contributed by atoms with E-state index in [1.54, 1.807) is 44.2 Å². The Hall–Kier alpha value is -4.57. The van der Waals surface area contributed by atoms with E-state index in [-0.39, 0.29) is 45.8 Å². The van der Waals surface area contributed by atoms with Gasteiger partial charge in [-0.15, -0.1) is 0 Å². The molecular formula is C33H31N2O11S2-. The number of carboxylic acids is 2. The molecule has 3 aromatic rings. The molecule has 4 N–H and O–H groups in total. The van der Waals surface area contributed by atoms with Crippen LogP contribution in [-0.2, 0) is 20.2 Å². The number of anilines is 1. The predicted molar refractivity (Wildman–Crippen MR) is 170 cm³/mol. The number of hydrogen-bond acceptors (Lipinski definition) is 10. The van der Waals surface area contributed by atoms with Crippen LogP contribution in [0.4, 0.5) is 5.69 Å². The van der Waals surface area contributed by atoms with Crippen LogP contribution in [0.25, 0.3) is 11.1 Å². The van der Waals surface area contributed by atoms with Gasteiger partial charge in [-0.3, -0.25) is 0 Å². The van der Waals surface area contributed by atoms with Crippen LogP contribution in [-0.4, -0.2) is 70.7 Å². The van der Waals surface area contributed by atoms with Gasteiger partial charge in [0.1, 0.15) is 11.5 Å². The lowest BCUT2D eigenvalue weighted by Crippen LogP contribution is -2.89. The first kappa shape index (κ1) is 33.3. The van der Waals surface area contributed by atoms with Crippen LogP contribution in [0.3, 0.4) is 0 Å². The molecule has 1 atom stereocenters. The van der Waals surface area contributed by atoms with Gasteiger partial charge in [-0.05, 0) is 67.3 Å². The summed E-state index contributed by atoms with van der Waals surface area (Å²) in [4.78, 5) is 27.7. The van der Waals surface area contributed by atoms with Crippen LogP contribution in [0.1, 0.15) is 83.0 Å². The minimum absolute atomic E-state index is 0.0985. The zero-order chi connectivity index (χ0) is 35.1. The Balaban J connectivity index is 1.73. The van der Waals surface area contributed by atoms with Crippen LogP contribution in [0.2, 0.25) is 0 Å². The van der Waals surface area contributed by atoms with Crippen LogP contribution in [0, 0.1) is 0 Å². The number of nitrogens with one attached hydrogen (secondary N) is 2. The van der Waals surface area contributed by atoms with E-state index in [2.05, 4.69) is 10.3 Å². The second-order valence-electron chi connectivity index (χ2n) is 13.5. The molecule has 0 amide bonds. The molecule has 13 nitrogen and oxygen atoms in total. The van der Waals surface area contributed by atoms with Crippen molar-refractivity contribution in [2.75, 3.05) is 16.8 Å². The lowest BCUT2D eigenvalue weighted by Gasteiger charge is -2.40. The molecule has 0 saturated carbocycles. The summed E-state index contributed by atoms with van der Waals surface area (Å²) in [5, 5.41) is 24.0. The first-order chi connectivity index (χ1) is 22.1. The number of benzene rings is 3. The fourth-order valence-corrected chi connectivity index (χ4v) is 8.33. The van der Waals surface area contributed by atoms with Gasteiger partial charge in [0.2, 0.25) is 5.36 Å². The molecule has 0 spiro atoms. The normalized spacial score (nSPS) is 18.8. The highest BCUT2D eigenvalue weighted by Crippen LogP contribution is 2.47. The molecule has 0 aliphatic carbocycles. The molecular weight excluding hydrogens is 665 g/mol. The summed E-state index contributed by atoms with van der Waals surface area (Å²) in [6, 6.07) is 10.1. The van der Waals surface area contributed by atoms with Gasteiger partial charge in [-0.25, -0.2) is 31.4 Å². The third kappa shape index (κ3) is 6.45. The highest BCUT2D eigenvalue weighted by Gasteiger charge is 2.36. The first-order valence-electron chi connectivity index (χ1n) is 14.8. The van der Waals surface area contributed by atoms with Gasteiger partial charge < -0.3 is 29.4 Å². The fourth-order valence-electron chi connectivity index (χ4n) is 6.92. The number of carboxylic acid groups (broad SMARTS) is 2. The summed E-state index contributed by atoms with van der Waals surface area (Å²) in [7, 11) is -9.38. The lowest BCUT2D eigenvalue weighted by molar-refractivity contribution is -0.568. The standard InChI is InChI=1S/C33H32N2O11S2/c1-32(2)12-17(14-47(40,41)42)20-8-23-27(10-25(20)34-32)46-28-11-26-21(18(15-48(43,44)45)13-33(3,4)35-26)9-24(28)29(23)19-6-5-16(30(36)37)7-22(19)31(38)39/h5-12,18,35H,13-15H2,1-4H3,(H,36,37)(H,38,39)(H,40,41,42)(H,43,44,45)/p-1. The van der Waals surface area contributed by atoms with Gasteiger partial charge in [0.25, 0.3) is 0 Å². The van der Waals surface area contributed by atoms with Crippen molar-refractivity contribution in [3.8, 4) is 11.5 Å². The van der Waals surface area contributed by atoms with Gasteiger partial charge in [-0.1, -0.05) is 6.07 Å². The highest BCUT2D eigenvalue weighted by molar-refractivity contribution is 7.86. The summed E-state index contributed by atoms with van der Waals surface area (Å²) < 4.78 is 78.2. The lowest BCUT2D eigenvalue weighted by atomic mass is 9.79. The molecule has 1 unspecified atom stereocenters. The number of aromatic carboxylic acids is 2. The van der Waals surface area contributed by atoms with Crippen LogP contribution < -0.4 is 25.6 Å². The van der Waals surface area contributed by atoms with Crippen molar-refractivity contribution in [3.63, 3.8) is 0 Å². The topological polar surface area (TPSA) is 224 Å². The smallest absolute Gasteiger partial charge is 0.336 e. The summed E-state index contributed by atoms with van der Waals surface area (Å²) in [6.07, 6.45) is 1.91. The number of rotatable bonds is 7. The Morgan fingerprint density at radius 3 is 2.25 bits per heavy atom. The Morgan fingerprint density at radius 1 is 0.917 bits per heavy atom. The van der Waals surface area contributed by atoms with Gasteiger partial charge >= 0.3 is 11.9 Å². The van der Waals surface area contributed by atoms with Crippen molar-refractivity contribution in [2.24, 2.45) is 0 Å². The summed E-state index contributed by atoms with van der Waals surface area (Å²) >= 11 is 0. The van der Waals surface area contributed by atoms with Crippen molar-refractivity contribution in [1.29, 1.82) is 0 Å². The molecule has 3 aliphatic heterocycles. The van der Waals surface area contributed by atoms with E-state index in [1.165, 1.54) is 12.1 Å². The molecule has 48 heavy (non-hydrogen) atoms. The monoisotopic (exact) mass is 695 g/mol. The quantitative estimate of drug-likeness (QED) is 0.199. The molecule has 0 bridgehead atoms. The van der Waals surface area contributed by atoms with Crippen molar-refractivity contribution in [2.45, 2.75) is 51.1 Å². The van der Waals surface area contributed by atoms with Gasteiger partial charge in [0.15, 0.2) is 5.54 Å². The van der Waals surface area contributed by atoms with Crippen LogP contribution in [0.5, 0.6) is 11.5 Å². The molecule has 6 rings (SSSR count). The first-order valence-corrected chi connectivity index (χ1v) is 17.9. The van der Waals surface area contributed by atoms with Gasteiger partial charge in [0.05, 0.1) is 48.7 Å². The highest BCUT2D eigenvalue weighted by atomic mass is 32.2. The number of ether oxygens (including phenoxy) is 1. The molecule has 15 heteroatoms. The minimum Gasteiger partial charge on any atom is -0.748 e. The Kier molecular flexibility index (Phi) is 7.63. The Bertz CT molecular complexity index is 2340. The average Bonchev–Trinajstić information content (AvgIpc) is 2.91. The number of hydrogen-bond donors (Lipinski definition) is 4. The third-order valence-corrected chi connectivity index (χ3v) is 10.0. The Labute approximate surface area is 275 Å².